The van der Waals surface area contributed by atoms with Gasteiger partial charge in [0.15, 0.2) is 0 Å². The van der Waals surface area contributed by atoms with E-state index in [4.69, 9.17) is 10.2 Å². The molecule has 0 saturated heterocycles. The van der Waals surface area contributed by atoms with E-state index in [1.165, 1.54) is 24.3 Å². The van der Waals surface area contributed by atoms with Gasteiger partial charge in [0.25, 0.3) is 11.4 Å². The van der Waals surface area contributed by atoms with Crippen molar-refractivity contribution < 1.29 is 29.6 Å². The number of aliphatic carboxylic acids is 2. The van der Waals surface area contributed by atoms with Crippen molar-refractivity contribution in [2.75, 3.05) is 0 Å². The highest BCUT2D eigenvalue weighted by molar-refractivity contribution is 6.00. The number of carboxylic acids is 2. The van der Waals surface area contributed by atoms with Gasteiger partial charge in [-0.1, -0.05) is 60.7 Å². The van der Waals surface area contributed by atoms with Crippen LogP contribution in [0, 0.1) is 34.1 Å². The molecule has 2 N–H and O–H groups in total. The van der Waals surface area contributed by atoms with Crippen molar-refractivity contribution in [2.24, 2.45) is 0 Å². The van der Waals surface area contributed by atoms with Gasteiger partial charge in [-0.25, -0.2) is 0 Å². The highest BCUT2D eigenvalue weighted by atomic mass is 16.6. The van der Waals surface area contributed by atoms with Crippen LogP contribution >= 0.6 is 0 Å². The summed E-state index contributed by atoms with van der Waals surface area (Å²) in [4.78, 5) is 43.4. The normalized spacial score (nSPS) is 10.8. The molecule has 0 aliphatic heterocycles. The van der Waals surface area contributed by atoms with Gasteiger partial charge in [0, 0.05) is 68.6 Å². The van der Waals surface area contributed by atoms with Gasteiger partial charge in [-0.05, 0) is 37.1 Å². The van der Waals surface area contributed by atoms with E-state index >= 15 is 0 Å². The molecule has 0 unspecified atom stereocenters. The number of carboxylic acid groups (broad SMARTS) is 2. The maximum absolute atomic E-state index is 11.1. The Hall–Kier alpha value is -6.30. The second-order valence-corrected chi connectivity index (χ2v) is 10.5. The maximum atomic E-state index is 11.1. The smallest absolute Gasteiger partial charge is 0.323 e. The standard InChI is InChI=1S/2C17H14N2O4/c2*1-11-17(12-5-4-6-13(9-12)19(22)23)14-7-2-3-8-15(14)18(11)10-16(20)21/h2*2-9H,10H2,1H3,(H,20,21). The molecule has 232 valence electrons. The number of para-hydroxylation sites is 2. The predicted octanol–water partition coefficient (Wildman–Crippen LogP) is 7.22. The molecule has 6 rings (SSSR count). The quantitative estimate of drug-likeness (QED) is 0.133. The molecule has 0 saturated carbocycles. The highest BCUT2D eigenvalue weighted by Crippen LogP contribution is 2.37. The Morgan fingerprint density at radius 3 is 1.33 bits per heavy atom. The van der Waals surface area contributed by atoms with Crippen molar-refractivity contribution in [3.8, 4) is 22.3 Å². The van der Waals surface area contributed by atoms with Crippen LogP contribution in [0.15, 0.2) is 97.1 Å². The van der Waals surface area contributed by atoms with Crippen LogP contribution in [0.25, 0.3) is 44.1 Å². The van der Waals surface area contributed by atoms with Gasteiger partial charge in [0.2, 0.25) is 0 Å². The fourth-order valence-corrected chi connectivity index (χ4v) is 5.82. The summed E-state index contributed by atoms with van der Waals surface area (Å²) in [5.41, 5.74) is 6.23. The van der Waals surface area contributed by atoms with Gasteiger partial charge in [0.1, 0.15) is 13.1 Å². The second-order valence-electron chi connectivity index (χ2n) is 10.5. The molecule has 0 spiro atoms. The van der Waals surface area contributed by atoms with E-state index < -0.39 is 21.8 Å². The van der Waals surface area contributed by atoms with Crippen molar-refractivity contribution in [3.05, 3.63) is 129 Å². The van der Waals surface area contributed by atoms with Crippen molar-refractivity contribution in [3.63, 3.8) is 0 Å². The number of hydrogen-bond donors (Lipinski definition) is 2. The van der Waals surface area contributed by atoms with E-state index in [0.29, 0.717) is 11.1 Å². The molecule has 2 heterocycles. The Morgan fingerprint density at radius 2 is 0.978 bits per heavy atom. The molecule has 12 nitrogen and oxygen atoms in total. The molecule has 2 aromatic heterocycles. The summed E-state index contributed by atoms with van der Waals surface area (Å²) in [6.45, 7) is 3.36. The van der Waals surface area contributed by atoms with Crippen molar-refractivity contribution in [1.29, 1.82) is 0 Å². The summed E-state index contributed by atoms with van der Waals surface area (Å²) in [5, 5.41) is 42.0. The number of hydrogen-bond acceptors (Lipinski definition) is 6. The van der Waals surface area contributed by atoms with Gasteiger partial charge in [0.05, 0.1) is 9.85 Å². The van der Waals surface area contributed by atoms with E-state index in [0.717, 1.165) is 44.3 Å². The minimum atomic E-state index is -0.931. The van der Waals surface area contributed by atoms with Crippen LogP contribution in [0.1, 0.15) is 11.4 Å². The van der Waals surface area contributed by atoms with Gasteiger partial charge in [-0.3, -0.25) is 29.8 Å². The van der Waals surface area contributed by atoms with Gasteiger partial charge < -0.3 is 19.3 Å². The van der Waals surface area contributed by atoms with Crippen molar-refractivity contribution >= 4 is 45.1 Å². The first-order valence-electron chi connectivity index (χ1n) is 14.1. The Balaban J connectivity index is 0.000000181. The zero-order valence-electron chi connectivity index (χ0n) is 24.8. The number of aromatic nitrogens is 2. The Labute approximate surface area is 261 Å². The summed E-state index contributed by atoms with van der Waals surface area (Å²) >= 11 is 0. The highest BCUT2D eigenvalue weighted by Gasteiger charge is 2.20. The maximum Gasteiger partial charge on any atom is 0.323 e. The lowest BCUT2D eigenvalue weighted by molar-refractivity contribution is -0.385. The Kier molecular flexibility index (Phi) is 8.62. The van der Waals surface area contributed by atoms with Crippen LogP contribution < -0.4 is 0 Å². The van der Waals surface area contributed by atoms with E-state index in [9.17, 15) is 29.8 Å². The van der Waals surface area contributed by atoms with Gasteiger partial charge in [-0.2, -0.15) is 0 Å². The third-order valence-corrected chi connectivity index (χ3v) is 7.74. The molecule has 6 aromatic rings. The Morgan fingerprint density at radius 1 is 0.609 bits per heavy atom. The number of fused-ring (bicyclic) bond motifs is 2. The van der Waals surface area contributed by atoms with Crippen LogP contribution in [-0.2, 0) is 22.7 Å². The number of nitro benzene ring substituents is 2. The fraction of sp³-hybridized carbons (Fsp3) is 0.118. The number of non-ortho nitro benzene ring substituents is 2. The van der Waals surface area contributed by atoms with E-state index in [1.807, 2.05) is 62.4 Å². The molecule has 4 aromatic carbocycles. The molecule has 0 aliphatic carbocycles. The second kappa shape index (κ2) is 12.7. The van der Waals surface area contributed by atoms with Crippen LogP contribution in [0.5, 0.6) is 0 Å². The Bertz CT molecular complexity index is 2010. The molecule has 46 heavy (non-hydrogen) atoms. The van der Waals surface area contributed by atoms with Gasteiger partial charge >= 0.3 is 11.9 Å². The summed E-state index contributed by atoms with van der Waals surface area (Å²) < 4.78 is 3.43. The molecular weight excluding hydrogens is 592 g/mol. The SMILES string of the molecule is Cc1c(-c2cccc([N+](=O)[O-])c2)c2ccccc2n1CC(=O)O.Cc1c(-c2cccc([N+](=O)[O-])c2)c2ccccc2n1CC(=O)O. The van der Waals surface area contributed by atoms with Crippen molar-refractivity contribution in [2.45, 2.75) is 26.9 Å². The number of carbonyl (C=O) groups is 2. The lowest BCUT2D eigenvalue weighted by Crippen LogP contribution is -2.09. The zero-order chi connectivity index (χ0) is 33.1. The van der Waals surface area contributed by atoms with Crippen LogP contribution in [0.2, 0.25) is 0 Å². The van der Waals surface area contributed by atoms with E-state index in [2.05, 4.69) is 0 Å². The molecule has 0 amide bonds. The molecule has 12 heteroatoms. The third kappa shape index (κ3) is 6.04. The van der Waals surface area contributed by atoms with Crippen LogP contribution in [0.3, 0.4) is 0 Å². The van der Waals surface area contributed by atoms with Gasteiger partial charge in [-0.15, -0.1) is 0 Å². The minimum Gasteiger partial charge on any atom is -0.480 e. The third-order valence-electron chi connectivity index (χ3n) is 7.74. The first-order chi connectivity index (χ1) is 22.0. The molecule has 0 bridgehead atoms. The molecule has 0 atom stereocenters. The topological polar surface area (TPSA) is 171 Å². The number of nitro groups is 2. The average molecular weight is 621 g/mol. The average Bonchev–Trinajstić information content (AvgIpc) is 3.46. The lowest BCUT2D eigenvalue weighted by Gasteiger charge is -2.05. The first-order valence-corrected chi connectivity index (χ1v) is 14.1. The first kappa shape index (κ1) is 31.1. The van der Waals surface area contributed by atoms with Crippen LogP contribution in [0.4, 0.5) is 11.4 Å². The monoisotopic (exact) mass is 620 g/mol. The number of rotatable bonds is 8. The van der Waals surface area contributed by atoms with E-state index in [1.54, 1.807) is 33.4 Å². The summed E-state index contributed by atoms with van der Waals surface area (Å²) in [6.07, 6.45) is 0. The fourth-order valence-electron chi connectivity index (χ4n) is 5.82. The van der Waals surface area contributed by atoms with Crippen LogP contribution in [-0.4, -0.2) is 41.1 Å². The largest absolute Gasteiger partial charge is 0.480 e. The summed E-state index contributed by atoms with van der Waals surface area (Å²) in [6, 6.07) is 27.7. The zero-order valence-corrected chi connectivity index (χ0v) is 24.8. The number of benzene rings is 4. The predicted molar refractivity (Wildman–Crippen MR) is 173 cm³/mol. The number of nitrogens with zero attached hydrogens (tertiary/aromatic N) is 4. The minimum absolute atomic E-state index is 0.0111. The van der Waals surface area contributed by atoms with Crippen molar-refractivity contribution in [1.82, 2.24) is 9.13 Å². The molecule has 0 aliphatic rings. The summed E-state index contributed by atoms with van der Waals surface area (Å²) in [5.74, 6) is -1.86. The van der Waals surface area contributed by atoms with E-state index in [-0.39, 0.29) is 24.5 Å². The lowest BCUT2D eigenvalue weighted by atomic mass is 10.0. The molecule has 0 radical (unpaired) electrons. The molecule has 0 fully saturated rings. The summed E-state index contributed by atoms with van der Waals surface area (Å²) in [7, 11) is 0. The molecular formula is C34H28N4O8.